The largest absolute Gasteiger partial charge is 0.396 e. The minimum atomic E-state index is 0.306. The van der Waals surface area contributed by atoms with Crippen LogP contribution in [0.5, 0.6) is 0 Å². The van der Waals surface area contributed by atoms with Gasteiger partial charge in [-0.25, -0.2) is 0 Å². The predicted molar refractivity (Wildman–Crippen MR) is 83.3 cm³/mol. The molecule has 0 bridgehead atoms. The van der Waals surface area contributed by atoms with Gasteiger partial charge in [-0.15, -0.1) is 0 Å². The van der Waals surface area contributed by atoms with Gasteiger partial charge in [-0.3, -0.25) is 0 Å². The number of rotatable bonds is 7. The quantitative estimate of drug-likeness (QED) is 0.798. The molecule has 1 aromatic rings. The molecule has 0 saturated carbocycles. The van der Waals surface area contributed by atoms with Gasteiger partial charge in [-0.05, 0) is 61.4 Å². The summed E-state index contributed by atoms with van der Waals surface area (Å²) in [5.41, 5.74) is 2.93. The first-order valence-corrected chi connectivity index (χ1v) is 8.16. The molecule has 3 heteroatoms. The molecule has 2 unspecified atom stereocenters. The highest BCUT2D eigenvalue weighted by Crippen LogP contribution is 2.33. The maximum absolute atomic E-state index is 9.11. The number of hydrogen-bond acceptors (Lipinski definition) is 2. The van der Waals surface area contributed by atoms with Crippen molar-refractivity contribution in [1.29, 1.82) is 0 Å². The summed E-state index contributed by atoms with van der Waals surface area (Å²) >= 11 is 3.54. The molecule has 0 fully saturated rings. The zero-order valence-corrected chi connectivity index (χ0v) is 13.2. The summed E-state index contributed by atoms with van der Waals surface area (Å²) in [5, 5.41) is 12.8. The first kappa shape index (κ1) is 15.0. The summed E-state index contributed by atoms with van der Waals surface area (Å²) in [7, 11) is 0. The molecule has 0 aromatic heterocycles. The average molecular weight is 326 g/mol. The van der Waals surface area contributed by atoms with Gasteiger partial charge in [0.05, 0.1) is 0 Å². The van der Waals surface area contributed by atoms with Crippen LogP contribution in [0.25, 0.3) is 0 Å². The molecule has 19 heavy (non-hydrogen) atoms. The maximum atomic E-state index is 9.11. The number of benzene rings is 1. The van der Waals surface area contributed by atoms with Gasteiger partial charge in [0.1, 0.15) is 0 Å². The van der Waals surface area contributed by atoms with E-state index in [1.54, 1.807) is 0 Å². The number of hydrogen-bond donors (Lipinski definition) is 2. The van der Waals surface area contributed by atoms with Crippen LogP contribution >= 0.6 is 15.9 Å². The molecule has 2 atom stereocenters. The summed E-state index contributed by atoms with van der Waals surface area (Å²) in [5.74, 6) is 0.606. The Labute approximate surface area is 124 Å². The van der Waals surface area contributed by atoms with Gasteiger partial charge in [-0.2, -0.15) is 0 Å². The van der Waals surface area contributed by atoms with E-state index in [0.717, 1.165) is 13.0 Å². The van der Waals surface area contributed by atoms with E-state index in [2.05, 4.69) is 46.4 Å². The topological polar surface area (TPSA) is 32.3 Å². The smallest absolute Gasteiger partial charge is 0.0434 e. The predicted octanol–water partition coefficient (Wildman–Crippen LogP) is 3.82. The molecule has 2 rings (SSSR count). The van der Waals surface area contributed by atoms with Crippen molar-refractivity contribution in [2.45, 2.75) is 45.1 Å². The molecule has 0 heterocycles. The van der Waals surface area contributed by atoms with Gasteiger partial charge < -0.3 is 10.4 Å². The lowest BCUT2D eigenvalue weighted by molar-refractivity contribution is 0.245. The summed E-state index contributed by atoms with van der Waals surface area (Å²) in [6, 6.07) is 7.12. The summed E-state index contributed by atoms with van der Waals surface area (Å²) in [6.07, 6.45) is 5.68. The Kier molecular flexibility index (Phi) is 5.86. The fourth-order valence-electron chi connectivity index (χ4n) is 3.05. The van der Waals surface area contributed by atoms with E-state index >= 15 is 0 Å². The molecule has 0 amide bonds. The van der Waals surface area contributed by atoms with E-state index in [-0.39, 0.29) is 0 Å². The van der Waals surface area contributed by atoms with Crippen molar-refractivity contribution in [1.82, 2.24) is 5.32 Å². The van der Waals surface area contributed by atoms with Crippen LogP contribution in [0.2, 0.25) is 0 Å². The average Bonchev–Trinajstić information content (AvgIpc) is 2.78. The highest BCUT2D eigenvalue weighted by Gasteiger charge is 2.22. The Balaban J connectivity index is 1.91. The molecule has 0 radical (unpaired) electrons. The van der Waals surface area contributed by atoms with Gasteiger partial charge in [-0.1, -0.05) is 35.3 Å². The molecule has 1 aliphatic carbocycles. The van der Waals surface area contributed by atoms with Gasteiger partial charge >= 0.3 is 0 Å². The van der Waals surface area contributed by atoms with Crippen LogP contribution in [0.15, 0.2) is 22.7 Å². The van der Waals surface area contributed by atoms with E-state index in [1.165, 1.54) is 41.3 Å². The SMILES string of the molecule is CCCC(CCO)CNC1CCc2cc(Br)ccc21. The number of nitrogens with one attached hydrogen (secondary N) is 1. The normalized spacial score (nSPS) is 19.4. The number of fused-ring (bicyclic) bond motifs is 1. The van der Waals surface area contributed by atoms with Crippen molar-refractivity contribution in [2.75, 3.05) is 13.2 Å². The highest BCUT2D eigenvalue weighted by atomic mass is 79.9. The van der Waals surface area contributed by atoms with Gasteiger partial charge in [0, 0.05) is 17.1 Å². The summed E-state index contributed by atoms with van der Waals surface area (Å²) in [6.45, 7) is 3.54. The lowest BCUT2D eigenvalue weighted by Crippen LogP contribution is -2.26. The van der Waals surface area contributed by atoms with Crippen LogP contribution in [0.1, 0.15) is 49.8 Å². The molecule has 1 aliphatic rings. The third-order valence-corrected chi connectivity index (χ3v) is 4.56. The molecular weight excluding hydrogens is 302 g/mol. The van der Waals surface area contributed by atoms with Crippen LogP contribution in [-0.2, 0) is 6.42 Å². The molecule has 0 spiro atoms. The Morgan fingerprint density at radius 1 is 1.42 bits per heavy atom. The van der Waals surface area contributed by atoms with Gasteiger partial charge in [0.2, 0.25) is 0 Å². The van der Waals surface area contributed by atoms with E-state index < -0.39 is 0 Å². The van der Waals surface area contributed by atoms with E-state index in [1.807, 2.05) is 0 Å². The Hall–Kier alpha value is -0.380. The Morgan fingerprint density at radius 3 is 3.00 bits per heavy atom. The molecule has 1 aromatic carbocycles. The number of aliphatic hydroxyl groups is 1. The van der Waals surface area contributed by atoms with Gasteiger partial charge in [0.25, 0.3) is 0 Å². The van der Waals surface area contributed by atoms with Gasteiger partial charge in [0.15, 0.2) is 0 Å². The maximum Gasteiger partial charge on any atom is 0.0434 e. The minimum absolute atomic E-state index is 0.306. The summed E-state index contributed by atoms with van der Waals surface area (Å²) < 4.78 is 1.18. The van der Waals surface area contributed by atoms with Crippen molar-refractivity contribution >= 4 is 15.9 Å². The van der Waals surface area contributed by atoms with Crippen molar-refractivity contribution in [3.05, 3.63) is 33.8 Å². The molecule has 106 valence electrons. The number of aliphatic hydroxyl groups excluding tert-OH is 1. The molecule has 2 N–H and O–H groups in total. The van der Waals surface area contributed by atoms with Crippen LogP contribution in [0.3, 0.4) is 0 Å². The van der Waals surface area contributed by atoms with E-state index in [9.17, 15) is 0 Å². The zero-order chi connectivity index (χ0) is 13.7. The lowest BCUT2D eigenvalue weighted by Gasteiger charge is -2.20. The molecule has 0 saturated heterocycles. The number of halogens is 1. The van der Waals surface area contributed by atoms with Crippen molar-refractivity contribution < 1.29 is 5.11 Å². The first-order valence-electron chi connectivity index (χ1n) is 7.37. The molecule has 0 aliphatic heterocycles. The molecular formula is C16H24BrNO. The van der Waals surface area contributed by atoms with Crippen molar-refractivity contribution in [3.63, 3.8) is 0 Å². The van der Waals surface area contributed by atoms with Crippen LogP contribution in [0, 0.1) is 5.92 Å². The second-order valence-corrected chi connectivity index (χ2v) is 6.43. The fraction of sp³-hybridized carbons (Fsp3) is 0.625. The van der Waals surface area contributed by atoms with Crippen LogP contribution in [-0.4, -0.2) is 18.3 Å². The standard InChI is InChI=1S/C16H24BrNO/c1-2-3-12(8-9-19)11-18-16-7-4-13-10-14(17)5-6-15(13)16/h5-6,10,12,16,18-19H,2-4,7-9,11H2,1H3. The third-order valence-electron chi connectivity index (χ3n) is 4.07. The monoisotopic (exact) mass is 325 g/mol. The minimum Gasteiger partial charge on any atom is -0.396 e. The van der Waals surface area contributed by atoms with Crippen LogP contribution < -0.4 is 5.32 Å². The Morgan fingerprint density at radius 2 is 2.26 bits per heavy atom. The van der Waals surface area contributed by atoms with E-state index in [4.69, 9.17) is 5.11 Å². The first-order chi connectivity index (χ1) is 9.24. The molecule has 2 nitrogen and oxygen atoms in total. The van der Waals surface area contributed by atoms with Crippen LogP contribution in [0.4, 0.5) is 0 Å². The second-order valence-electron chi connectivity index (χ2n) is 5.51. The summed E-state index contributed by atoms with van der Waals surface area (Å²) in [4.78, 5) is 0. The highest BCUT2D eigenvalue weighted by molar-refractivity contribution is 9.10. The second kappa shape index (κ2) is 7.41. The Bertz CT molecular complexity index is 402. The van der Waals surface area contributed by atoms with E-state index in [0.29, 0.717) is 18.6 Å². The van der Waals surface area contributed by atoms with Crippen molar-refractivity contribution in [2.24, 2.45) is 5.92 Å². The third kappa shape index (κ3) is 4.04. The number of aryl methyl sites for hydroxylation is 1. The van der Waals surface area contributed by atoms with Crippen molar-refractivity contribution in [3.8, 4) is 0 Å². The zero-order valence-electron chi connectivity index (χ0n) is 11.7. The fourth-order valence-corrected chi connectivity index (χ4v) is 3.45. The lowest BCUT2D eigenvalue weighted by atomic mass is 9.99.